The van der Waals surface area contributed by atoms with Crippen molar-refractivity contribution in [1.82, 2.24) is 16.0 Å². The summed E-state index contributed by atoms with van der Waals surface area (Å²) < 4.78 is 0. The molecule has 0 radical (unpaired) electrons. The Hall–Kier alpha value is -2.20. The first-order valence-electron chi connectivity index (χ1n) is 8.51. The molecule has 26 heavy (non-hydrogen) atoms. The van der Waals surface area contributed by atoms with Crippen LogP contribution in [0.5, 0.6) is 0 Å². The van der Waals surface area contributed by atoms with Crippen LogP contribution in [0.15, 0.2) is 0 Å². The molecular formula is C16H30N4O6. The van der Waals surface area contributed by atoms with E-state index in [1.807, 2.05) is 6.92 Å². The van der Waals surface area contributed by atoms with Crippen molar-refractivity contribution >= 4 is 23.7 Å². The van der Waals surface area contributed by atoms with E-state index in [9.17, 15) is 19.2 Å². The van der Waals surface area contributed by atoms with Gasteiger partial charge in [0.15, 0.2) is 0 Å². The van der Waals surface area contributed by atoms with Crippen molar-refractivity contribution in [1.29, 1.82) is 0 Å². The Kier molecular flexibility index (Phi) is 10.5. The van der Waals surface area contributed by atoms with Gasteiger partial charge < -0.3 is 31.9 Å². The third-order valence-electron chi connectivity index (χ3n) is 4.00. The number of nitrogens with one attached hydrogen (secondary N) is 3. The van der Waals surface area contributed by atoms with Gasteiger partial charge in [0.1, 0.15) is 18.1 Å². The highest BCUT2D eigenvalue weighted by Crippen LogP contribution is 2.08. The molecule has 7 N–H and O–H groups in total. The van der Waals surface area contributed by atoms with Crippen LogP contribution in [0.2, 0.25) is 0 Å². The number of carboxylic acids is 1. The van der Waals surface area contributed by atoms with E-state index >= 15 is 0 Å². The van der Waals surface area contributed by atoms with Gasteiger partial charge >= 0.3 is 5.97 Å². The monoisotopic (exact) mass is 374 g/mol. The average Bonchev–Trinajstić information content (AvgIpc) is 2.59. The highest BCUT2D eigenvalue weighted by Gasteiger charge is 2.28. The van der Waals surface area contributed by atoms with Gasteiger partial charge in [0.2, 0.25) is 17.7 Å². The Bertz CT molecular complexity index is 511. The Morgan fingerprint density at radius 2 is 1.58 bits per heavy atom. The first-order valence-corrected chi connectivity index (χ1v) is 8.51. The van der Waals surface area contributed by atoms with Crippen molar-refractivity contribution in [3.8, 4) is 0 Å². The molecular weight excluding hydrogens is 344 g/mol. The second-order valence-electron chi connectivity index (χ2n) is 6.51. The van der Waals surface area contributed by atoms with Gasteiger partial charge in [0.25, 0.3) is 0 Å². The minimum Gasteiger partial charge on any atom is -0.480 e. The Labute approximate surface area is 152 Å². The molecule has 0 aliphatic carbocycles. The molecule has 0 rings (SSSR count). The second-order valence-corrected chi connectivity index (χ2v) is 6.51. The predicted molar refractivity (Wildman–Crippen MR) is 93.9 cm³/mol. The van der Waals surface area contributed by atoms with Crippen molar-refractivity contribution in [2.45, 2.75) is 52.2 Å². The largest absolute Gasteiger partial charge is 0.480 e. The Morgan fingerprint density at radius 3 is 2.00 bits per heavy atom. The number of carbonyl (C=O) groups excluding carboxylic acids is 3. The summed E-state index contributed by atoms with van der Waals surface area (Å²) in [7, 11) is 0. The van der Waals surface area contributed by atoms with Gasteiger partial charge in [0, 0.05) is 0 Å². The summed E-state index contributed by atoms with van der Waals surface area (Å²) in [6.07, 6.45) is 0.577. The van der Waals surface area contributed by atoms with E-state index < -0.39 is 55.0 Å². The molecule has 0 aromatic carbocycles. The molecule has 4 unspecified atom stereocenters. The number of aliphatic hydroxyl groups is 1. The lowest BCUT2D eigenvalue weighted by molar-refractivity contribution is -0.143. The van der Waals surface area contributed by atoms with Gasteiger partial charge in [-0.15, -0.1) is 0 Å². The normalized spacial score (nSPS) is 15.5. The van der Waals surface area contributed by atoms with Gasteiger partial charge in [0.05, 0.1) is 13.2 Å². The number of rotatable bonds is 11. The van der Waals surface area contributed by atoms with E-state index in [1.54, 1.807) is 20.8 Å². The van der Waals surface area contributed by atoms with Gasteiger partial charge in [-0.1, -0.05) is 34.1 Å². The van der Waals surface area contributed by atoms with Crippen LogP contribution >= 0.6 is 0 Å². The molecule has 0 fully saturated rings. The molecule has 0 heterocycles. The highest BCUT2D eigenvalue weighted by molar-refractivity contribution is 5.92. The van der Waals surface area contributed by atoms with Gasteiger partial charge in [-0.25, -0.2) is 4.79 Å². The van der Waals surface area contributed by atoms with Crippen LogP contribution in [-0.2, 0) is 19.2 Å². The number of aliphatic hydroxyl groups excluding tert-OH is 1. The zero-order valence-electron chi connectivity index (χ0n) is 15.6. The summed E-state index contributed by atoms with van der Waals surface area (Å²) in [5.74, 6) is -3.65. The van der Waals surface area contributed by atoms with Crippen molar-refractivity contribution in [2.24, 2.45) is 17.6 Å². The molecule has 10 nitrogen and oxygen atoms in total. The van der Waals surface area contributed by atoms with Crippen LogP contribution in [0.25, 0.3) is 0 Å². The van der Waals surface area contributed by atoms with Crippen molar-refractivity contribution in [3.05, 3.63) is 0 Å². The minimum atomic E-state index is -1.16. The molecule has 0 bridgehead atoms. The molecule has 0 saturated heterocycles. The van der Waals surface area contributed by atoms with E-state index in [0.717, 1.165) is 0 Å². The van der Waals surface area contributed by atoms with Gasteiger partial charge in [-0.05, 0) is 11.8 Å². The fraction of sp³-hybridized carbons (Fsp3) is 0.750. The third kappa shape index (κ3) is 7.79. The molecule has 150 valence electrons. The predicted octanol–water partition coefficient (Wildman–Crippen LogP) is -1.82. The van der Waals surface area contributed by atoms with E-state index in [2.05, 4.69) is 16.0 Å². The molecule has 3 amide bonds. The average molecular weight is 374 g/mol. The Balaban J connectivity index is 4.82. The van der Waals surface area contributed by atoms with Crippen LogP contribution in [0.3, 0.4) is 0 Å². The van der Waals surface area contributed by atoms with Crippen LogP contribution in [0.1, 0.15) is 34.1 Å². The molecule has 10 heteroatoms. The number of hydrogen-bond donors (Lipinski definition) is 6. The molecule has 0 saturated carbocycles. The minimum absolute atomic E-state index is 0.240. The molecule has 0 aliphatic heterocycles. The van der Waals surface area contributed by atoms with Crippen LogP contribution < -0.4 is 21.7 Å². The first kappa shape index (κ1) is 23.8. The summed E-state index contributed by atoms with van der Waals surface area (Å²) in [6, 6.07) is -3.15. The first-order chi connectivity index (χ1) is 12.0. The Morgan fingerprint density at radius 1 is 1.00 bits per heavy atom. The highest BCUT2D eigenvalue weighted by atomic mass is 16.4. The second kappa shape index (κ2) is 11.4. The smallest absolute Gasteiger partial charge is 0.326 e. The fourth-order valence-corrected chi connectivity index (χ4v) is 2.06. The summed E-state index contributed by atoms with van der Waals surface area (Å²) in [5.41, 5.74) is 5.43. The zero-order chi connectivity index (χ0) is 20.4. The van der Waals surface area contributed by atoms with E-state index in [4.69, 9.17) is 15.9 Å². The van der Waals surface area contributed by atoms with Crippen LogP contribution in [0, 0.1) is 11.8 Å². The van der Waals surface area contributed by atoms with E-state index in [-0.39, 0.29) is 11.8 Å². The zero-order valence-corrected chi connectivity index (χ0v) is 15.6. The van der Waals surface area contributed by atoms with E-state index in [1.165, 1.54) is 0 Å². The van der Waals surface area contributed by atoms with Crippen molar-refractivity contribution < 1.29 is 29.4 Å². The number of carbonyl (C=O) groups is 4. The maximum Gasteiger partial charge on any atom is 0.326 e. The van der Waals surface area contributed by atoms with Crippen molar-refractivity contribution in [2.75, 3.05) is 13.2 Å². The number of amides is 3. The standard InChI is InChI=1S/C16H30N4O6/c1-5-9(4)13(20-14(23)10(17)7-21)15(24)18-6-11(22)19-12(8(2)3)16(25)26/h8-10,12-13,21H,5-7,17H2,1-4H3,(H,18,24)(H,19,22)(H,20,23)(H,25,26). The quantitative estimate of drug-likeness (QED) is 0.247. The maximum absolute atomic E-state index is 12.3. The number of nitrogens with two attached hydrogens (primary N) is 1. The summed E-state index contributed by atoms with van der Waals surface area (Å²) in [5, 5.41) is 25.1. The molecule has 0 aromatic rings. The number of carboxylic acid groups (broad SMARTS) is 1. The van der Waals surface area contributed by atoms with E-state index in [0.29, 0.717) is 6.42 Å². The summed E-state index contributed by atoms with van der Waals surface area (Å²) in [6.45, 7) is 5.89. The summed E-state index contributed by atoms with van der Waals surface area (Å²) >= 11 is 0. The summed E-state index contributed by atoms with van der Waals surface area (Å²) in [4.78, 5) is 47.1. The SMILES string of the molecule is CCC(C)C(NC(=O)C(N)CO)C(=O)NCC(=O)NC(C(=O)O)C(C)C. The van der Waals surface area contributed by atoms with Crippen molar-refractivity contribution in [3.63, 3.8) is 0 Å². The lowest BCUT2D eigenvalue weighted by Crippen LogP contribution is -2.56. The molecule has 0 aliphatic rings. The maximum atomic E-state index is 12.3. The number of hydrogen-bond acceptors (Lipinski definition) is 6. The fourth-order valence-electron chi connectivity index (χ4n) is 2.06. The third-order valence-corrected chi connectivity index (χ3v) is 4.00. The molecule has 0 aromatic heterocycles. The topological polar surface area (TPSA) is 171 Å². The lowest BCUT2D eigenvalue weighted by Gasteiger charge is -2.25. The van der Waals surface area contributed by atoms with Crippen LogP contribution in [-0.4, -0.2) is 65.2 Å². The van der Waals surface area contributed by atoms with Gasteiger partial charge in [-0.2, -0.15) is 0 Å². The van der Waals surface area contributed by atoms with Crippen LogP contribution in [0.4, 0.5) is 0 Å². The molecule has 0 spiro atoms. The lowest BCUT2D eigenvalue weighted by atomic mass is 9.98. The molecule has 4 atom stereocenters. The van der Waals surface area contributed by atoms with Gasteiger partial charge in [-0.3, -0.25) is 14.4 Å². The number of aliphatic carboxylic acids is 1.